The van der Waals surface area contributed by atoms with Crippen LogP contribution in [-0.2, 0) is 29.6 Å². The van der Waals surface area contributed by atoms with Gasteiger partial charge < -0.3 is 39.5 Å². The van der Waals surface area contributed by atoms with Gasteiger partial charge in [0, 0.05) is 174 Å². The van der Waals surface area contributed by atoms with E-state index >= 15 is 0 Å². The Kier molecular flexibility index (Phi) is 17.8. The molecule has 86 heavy (non-hydrogen) atoms. The minimum Gasteiger partial charge on any atom is -0.368 e. The number of hydrogen-bond donors (Lipinski definition) is 4. The van der Waals surface area contributed by atoms with Gasteiger partial charge in [-0.05, 0) is 186 Å². The Hall–Kier alpha value is -5.64. The van der Waals surface area contributed by atoms with Crippen molar-refractivity contribution < 1.29 is 26.4 Å². The second kappa shape index (κ2) is 24.7. The van der Waals surface area contributed by atoms with Gasteiger partial charge in [0.1, 0.15) is 0 Å². The lowest BCUT2D eigenvalue weighted by Gasteiger charge is -2.47. The predicted octanol–water partition coefficient (Wildman–Crippen LogP) is 13.1. The van der Waals surface area contributed by atoms with E-state index in [4.69, 9.17) is 0 Å². The number of fused-ring (bicyclic) bond motifs is 4. The molecule has 6 fully saturated rings. The molecule has 8 aromatic rings. The summed E-state index contributed by atoms with van der Waals surface area (Å²) < 4.78 is 52.6. The van der Waals surface area contributed by atoms with Crippen LogP contribution < -0.4 is 9.80 Å². The van der Waals surface area contributed by atoms with Crippen LogP contribution in [0.3, 0.4) is 0 Å². The number of aromatic amines is 4. The van der Waals surface area contributed by atoms with Crippen LogP contribution in [0.25, 0.3) is 43.6 Å². The minimum absolute atomic E-state index is 0.153. The largest absolute Gasteiger partial charge is 0.368 e. The number of piperazine rings is 2. The van der Waals surface area contributed by atoms with Crippen LogP contribution >= 0.6 is 31.9 Å². The number of anilines is 2. The summed E-state index contributed by atoms with van der Waals surface area (Å²) in [7, 11) is -6.24. The van der Waals surface area contributed by atoms with E-state index in [1.807, 2.05) is 42.2 Å². The monoisotopic (exact) mass is 1330 g/mol. The van der Waals surface area contributed by atoms with Crippen LogP contribution in [0.1, 0.15) is 139 Å². The summed E-state index contributed by atoms with van der Waals surface area (Å²) in [6.45, 7) is 19.0. The highest BCUT2D eigenvalue weighted by atomic mass is 79.9. The van der Waals surface area contributed by atoms with Crippen molar-refractivity contribution in [3.05, 3.63) is 129 Å². The van der Waals surface area contributed by atoms with Crippen molar-refractivity contribution in [1.29, 1.82) is 0 Å². The number of sulfonamides is 2. The van der Waals surface area contributed by atoms with Crippen LogP contribution in [0.5, 0.6) is 0 Å². The van der Waals surface area contributed by atoms with E-state index in [2.05, 4.69) is 154 Å². The number of halogens is 2. The second-order valence-electron chi connectivity index (χ2n) is 26.1. The molecule has 2 aliphatic carbocycles. The lowest BCUT2D eigenvalue weighted by atomic mass is 9.86. The van der Waals surface area contributed by atoms with Crippen LogP contribution in [0.2, 0.25) is 0 Å². The first-order valence-electron chi connectivity index (χ1n) is 30.5. The third-order valence-electron chi connectivity index (χ3n) is 18.7. The van der Waals surface area contributed by atoms with Crippen LogP contribution in [-0.4, -0.2) is 156 Å². The first-order valence-corrected chi connectivity index (χ1v) is 35.8. The van der Waals surface area contributed by atoms with Gasteiger partial charge in [0.05, 0.1) is 18.1 Å². The normalized spacial score (nSPS) is 19.9. The first kappa shape index (κ1) is 62.0. The zero-order valence-corrected chi connectivity index (χ0v) is 55.8. The Morgan fingerprint density at radius 3 is 1.26 bits per heavy atom. The molecule has 2 saturated carbocycles. The van der Waals surface area contributed by atoms with Gasteiger partial charge in [-0.3, -0.25) is 9.59 Å². The molecule has 16 nitrogen and oxygen atoms in total. The minimum atomic E-state index is -3.19. The molecule has 2 amide bonds. The maximum absolute atomic E-state index is 12.0. The Morgan fingerprint density at radius 2 is 0.872 bits per heavy atom. The van der Waals surface area contributed by atoms with Gasteiger partial charge in [-0.25, -0.2) is 21.1 Å². The highest BCUT2D eigenvalue weighted by molar-refractivity contribution is 9.10. The van der Waals surface area contributed by atoms with Gasteiger partial charge in [0.15, 0.2) is 0 Å². The van der Waals surface area contributed by atoms with Crippen molar-refractivity contribution >= 4 is 119 Å². The third kappa shape index (κ3) is 13.8. The van der Waals surface area contributed by atoms with Crippen molar-refractivity contribution in [2.45, 2.75) is 128 Å². The summed E-state index contributed by atoms with van der Waals surface area (Å²) in [6, 6.07) is 26.4. The molecule has 4 saturated heterocycles. The van der Waals surface area contributed by atoms with Crippen LogP contribution in [0, 0.1) is 0 Å². The van der Waals surface area contributed by atoms with E-state index in [0.717, 1.165) is 101 Å². The standard InChI is InChI=1S/C18H22N2O.C17H22N2O2S.C16H20BrN3O.C15H20BrN3O2S/c1-12(21)20-8-5-14(6-9-20)17-10-15(13-2-3-13)11-18-16(17)4-7-19-18;1-22(20,21)19-8-5-13(6-9-19)16-10-14(12-2-3-12)11-17-15(16)4-7-18-17;1-11(21)20-7-6-19(10-16(20,2)3)15-9-12(17)8-14-13(15)4-5-18-14;1-15(2)10-18(6-7-19(15)22(3,20)21)14-9-11(16)8-13-12(14)4-5-17-13/h4,7,10-11,13-14,19H,2-3,5-6,8-9H2,1H3;4,7,10-13,18H,2-3,5-6,8-9H2,1H3;4-5,8-9,18H,6-7,10H2,1-3H3;4-5,8-9,17H,6-7,10H2,1-3H3. The smallest absolute Gasteiger partial charge is 0.220 e. The van der Waals surface area contributed by atoms with Crippen molar-refractivity contribution in [2.75, 3.05) is 87.8 Å². The fraction of sp³-hybridized carbons (Fsp3) is 0.485. The topological polar surface area (TPSA) is 185 Å². The van der Waals surface area contributed by atoms with E-state index in [1.165, 1.54) is 93.3 Å². The molecule has 4 aromatic carbocycles. The van der Waals surface area contributed by atoms with Crippen molar-refractivity contribution in [3.63, 3.8) is 0 Å². The number of aromatic nitrogens is 4. The van der Waals surface area contributed by atoms with E-state index in [1.54, 1.807) is 22.5 Å². The summed E-state index contributed by atoms with van der Waals surface area (Å²) in [5.74, 6) is 2.96. The first-order chi connectivity index (χ1) is 40.8. The highest BCUT2D eigenvalue weighted by Gasteiger charge is 2.40. The number of nitrogens with one attached hydrogen (secondary N) is 4. The number of piperidine rings is 2. The van der Waals surface area contributed by atoms with Gasteiger partial charge in [-0.15, -0.1) is 0 Å². The molecular weight excluding hydrogens is 1250 g/mol. The second-order valence-corrected chi connectivity index (χ2v) is 31.8. The Morgan fingerprint density at radius 1 is 0.465 bits per heavy atom. The SMILES string of the molecule is CC(=O)N1CCC(c2cc(C3CC3)cc3[nH]ccc23)CC1.CC(=O)N1CCN(c2cc(Br)cc3[nH]ccc23)CC1(C)C.CC1(C)CN(c2cc(Br)cc3[nH]ccc23)CCN1S(C)(=O)=O.CS(=O)(=O)N1CCC(c2cc(C3CC3)cc3[nH]ccc23)CC1. The van der Waals surface area contributed by atoms with Gasteiger partial charge in [-0.1, -0.05) is 44.0 Å². The van der Waals surface area contributed by atoms with Crippen LogP contribution in [0.15, 0.2) is 107 Å². The molecule has 0 unspecified atom stereocenters. The summed E-state index contributed by atoms with van der Waals surface area (Å²) in [6.07, 6.45) is 19.9. The average Bonchev–Trinajstić information content (AvgIpc) is 1.99. The fourth-order valence-electron chi connectivity index (χ4n) is 14.1. The molecule has 20 heteroatoms. The Labute approximate surface area is 524 Å². The van der Waals surface area contributed by atoms with Crippen molar-refractivity contribution in [3.8, 4) is 0 Å². The lowest BCUT2D eigenvalue weighted by Crippen LogP contribution is -2.60. The molecule has 460 valence electrons. The lowest BCUT2D eigenvalue weighted by molar-refractivity contribution is -0.134. The molecule has 0 radical (unpaired) electrons. The molecule has 14 rings (SSSR count). The highest BCUT2D eigenvalue weighted by Crippen LogP contribution is 2.46. The molecule has 0 spiro atoms. The molecule has 4 aromatic heterocycles. The fourth-order valence-corrected chi connectivity index (χ4v) is 17.2. The Bertz CT molecular complexity index is 4010. The summed E-state index contributed by atoms with van der Waals surface area (Å²) >= 11 is 7.14. The van der Waals surface area contributed by atoms with Crippen molar-refractivity contribution in [1.82, 2.24) is 38.3 Å². The number of benzene rings is 4. The quantitative estimate of drug-likeness (QED) is 0.116. The zero-order chi connectivity index (χ0) is 61.0. The molecule has 0 atom stereocenters. The van der Waals surface area contributed by atoms with E-state index in [0.29, 0.717) is 44.6 Å². The number of amides is 2. The number of carbonyl (C=O) groups excluding carboxylic acids is 2. The summed E-state index contributed by atoms with van der Waals surface area (Å²) in [5, 5.41) is 5.07. The number of H-pyrrole nitrogens is 4. The van der Waals surface area contributed by atoms with E-state index < -0.39 is 25.6 Å². The maximum Gasteiger partial charge on any atom is 0.220 e. The van der Waals surface area contributed by atoms with Gasteiger partial charge in [0.25, 0.3) is 0 Å². The van der Waals surface area contributed by atoms with E-state index in [9.17, 15) is 26.4 Å². The molecule has 4 N–H and O–H groups in total. The maximum atomic E-state index is 12.0. The summed E-state index contributed by atoms with van der Waals surface area (Å²) in [5.41, 5.74) is 12.3. The zero-order valence-electron chi connectivity index (χ0n) is 51.0. The van der Waals surface area contributed by atoms with Gasteiger partial charge in [0.2, 0.25) is 31.9 Å². The molecule has 8 heterocycles. The van der Waals surface area contributed by atoms with Crippen LogP contribution in [0.4, 0.5) is 11.4 Å². The number of rotatable bonds is 8. The number of hydrogen-bond acceptors (Lipinski definition) is 8. The Balaban J connectivity index is 0.000000119. The molecule has 0 bridgehead atoms. The molecule has 4 aliphatic heterocycles. The molecule has 6 aliphatic rings. The van der Waals surface area contributed by atoms with E-state index in [-0.39, 0.29) is 17.4 Å². The van der Waals surface area contributed by atoms with Crippen molar-refractivity contribution in [2.24, 2.45) is 0 Å². The average molecular weight is 1340 g/mol. The number of nitrogens with zero attached hydrogens (tertiary/aromatic N) is 6. The van der Waals surface area contributed by atoms with Gasteiger partial charge >= 0.3 is 0 Å². The third-order valence-corrected chi connectivity index (χ3v) is 22.4. The number of likely N-dealkylation sites (tertiary alicyclic amines) is 1. The summed E-state index contributed by atoms with van der Waals surface area (Å²) in [4.78, 5) is 45.1. The predicted molar refractivity (Wildman–Crippen MR) is 357 cm³/mol. The number of carbonyl (C=O) groups is 2. The molecular formula is C66H84Br2N10O6S2. The van der Waals surface area contributed by atoms with Gasteiger partial charge in [-0.2, -0.15) is 4.31 Å².